The van der Waals surface area contributed by atoms with Gasteiger partial charge in [-0.2, -0.15) is 0 Å². The van der Waals surface area contributed by atoms with Gasteiger partial charge in [0.05, 0.1) is 6.10 Å². The van der Waals surface area contributed by atoms with Gasteiger partial charge >= 0.3 is 5.97 Å². The summed E-state index contributed by atoms with van der Waals surface area (Å²) < 4.78 is 5.04. The van der Waals surface area contributed by atoms with Crippen LogP contribution in [0.15, 0.2) is 60.7 Å². The molecular weight excluding hydrogens is 248 g/mol. The molecule has 0 N–H and O–H groups in total. The van der Waals surface area contributed by atoms with Gasteiger partial charge in [0.15, 0.2) is 0 Å². The molecule has 0 aliphatic heterocycles. The number of ether oxygens (including phenoxy) is 1. The number of hydrogen-bond acceptors (Lipinski definition) is 2. The van der Waals surface area contributed by atoms with E-state index in [1.807, 2.05) is 56.3 Å². The van der Waals surface area contributed by atoms with Crippen molar-refractivity contribution >= 4 is 12.0 Å². The molecule has 102 valence electrons. The maximum Gasteiger partial charge on any atom is 0.331 e. The van der Waals surface area contributed by atoms with E-state index in [0.717, 1.165) is 11.1 Å². The van der Waals surface area contributed by atoms with E-state index in [9.17, 15) is 4.79 Å². The lowest BCUT2D eigenvalue weighted by atomic mass is 10.0. The molecule has 0 aliphatic carbocycles. The van der Waals surface area contributed by atoms with Crippen LogP contribution in [0.25, 0.3) is 17.2 Å². The predicted octanol–water partition coefficient (Wildman–Crippen LogP) is 4.32. The quantitative estimate of drug-likeness (QED) is 0.608. The highest BCUT2D eigenvalue weighted by molar-refractivity contribution is 5.87. The number of hydrogen-bond donors (Lipinski definition) is 0. The van der Waals surface area contributed by atoms with Gasteiger partial charge in [-0.15, -0.1) is 0 Å². The van der Waals surface area contributed by atoms with Gasteiger partial charge in [-0.25, -0.2) is 4.79 Å². The SMILES string of the molecule is CC(C)OC(=O)/C=C/c1ccc(-c2ccccc2)cc1. The van der Waals surface area contributed by atoms with Crippen LogP contribution in [0.5, 0.6) is 0 Å². The van der Waals surface area contributed by atoms with Crippen LogP contribution in [0.3, 0.4) is 0 Å². The Morgan fingerprint density at radius 1 is 0.950 bits per heavy atom. The van der Waals surface area contributed by atoms with Crippen molar-refractivity contribution in [3.63, 3.8) is 0 Å². The van der Waals surface area contributed by atoms with Crippen molar-refractivity contribution in [2.24, 2.45) is 0 Å². The Kier molecular flexibility index (Phi) is 4.72. The fourth-order valence-electron chi connectivity index (χ4n) is 1.85. The van der Waals surface area contributed by atoms with Crippen LogP contribution in [0.2, 0.25) is 0 Å². The second-order valence-corrected chi connectivity index (χ2v) is 4.81. The van der Waals surface area contributed by atoms with Gasteiger partial charge in [0.2, 0.25) is 0 Å². The normalized spacial score (nSPS) is 10.9. The second kappa shape index (κ2) is 6.71. The zero-order valence-corrected chi connectivity index (χ0v) is 11.7. The third-order valence-electron chi connectivity index (χ3n) is 2.78. The molecule has 0 spiro atoms. The van der Waals surface area contributed by atoms with Crippen LogP contribution in [0.4, 0.5) is 0 Å². The zero-order chi connectivity index (χ0) is 14.4. The molecule has 0 fully saturated rings. The van der Waals surface area contributed by atoms with Gasteiger partial charge in [0.1, 0.15) is 0 Å². The maximum atomic E-state index is 11.4. The summed E-state index contributed by atoms with van der Waals surface area (Å²) in [4.78, 5) is 11.4. The minimum atomic E-state index is -0.313. The summed E-state index contributed by atoms with van der Waals surface area (Å²) in [6.45, 7) is 3.67. The molecule has 0 radical (unpaired) electrons. The molecule has 2 heteroatoms. The van der Waals surface area contributed by atoms with Crippen molar-refractivity contribution in [3.8, 4) is 11.1 Å². The Morgan fingerprint density at radius 2 is 1.55 bits per heavy atom. The van der Waals surface area contributed by atoms with Gasteiger partial charge in [0.25, 0.3) is 0 Å². The highest BCUT2D eigenvalue weighted by atomic mass is 16.5. The topological polar surface area (TPSA) is 26.3 Å². The fourth-order valence-corrected chi connectivity index (χ4v) is 1.85. The minimum absolute atomic E-state index is 0.0902. The van der Waals surface area contributed by atoms with Crippen molar-refractivity contribution in [2.75, 3.05) is 0 Å². The molecule has 2 aromatic carbocycles. The first-order chi connectivity index (χ1) is 9.65. The smallest absolute Gasteiger partial charge is 0.331 e. The molecule has 2 nitrogen and oxygen atoms in total. The number of rotatable bonds is 4. The van der Waals surface area contributed by atoms with E-state index in [1.165, 1.54) is 11.6 Å². The van der Waals surface area contributed by atoms with Gasteiger partial charge in [0, 0.05) is 6.08 Å². The number of carbonyl (C=O) groups is 1. The lowest BCUT2D eigenvalue weighted by molar-refractivity contribution is -0.141. The number of esters is 1. The number of carbonyl (C=O) groups excluding carboxylic acids is 1. The molecule has 0 bridgehead atoms. The van der Waals surface area contributed by atoms with E-state index in [1.54, 1.807) is 6.08 Å². The first kappa shape index (κ1) is 14.1. The average molecular weight is 266 g/mol. The molecule has 0 saturated carbocycles. The standard InChI is InChI=1S/C18H18O2/c1-14(2)20-18(19)13-10-15-8-11-17(12-9-15)16-6-4-3-5-7-16/h3-14H,1-2H3/b13-10+. The Balaban J connectivity index is 2.06. The van der Waals surface area contributed by atoms with E-state index in [0.29, 0.717) is 0 Å². The van der Waals surface area contributed by atoms with Crippen LogP contribution in [0, 0.1) is 0 Å². The summed E-state index contributed by atoms with van der Waals surface area (Å²) in [5.74, 6) is -0.313. The van der Waals surface area contributed by atoms with Crippen LogP contribution in [0.1, 0.15) is 19.4 Å². The van der Waals surface area contributed by atoms with Crippen molar-refractivity contribution in [2.45, 2.75) is 20.0 Å². The van der Waals surface area contributed by atoms with Crippen LogP contribution in [-0.2, 0) is 9.53 Å². The Hall–Kier alpha value is -2.35. The number of benzene rings is 2. The largest absolute Gasteiger partial charge is 0.460 e. The lowest BCUT2D eigenvalue weighted by Gasteiger charge is -2.04. The zero-order valence-electron chi connectivity index (χ0n) is 11.7. The highest BCUT2D eigenvalue weighted by Gasteiger charge is 2.00. The Bertz CT molecular complexity index is 581. The lowest BCUT2D eigenvalue weighted by Crippen LogP contribution is -2.08. The van der Waals surface area contributed by atoms with Gasteiger partial charge in [-0.1, -0.05) is 54.6 Å². The first-order valence-corrected chi connectivity index (χ1v) is 6.69. The van der Waals surface area contributed by atoms with Gasteiger partial charge < -0.3 is 4.74 Å². The van der Waals surface area contributed by atoms with E-state index >= 15 is 0 Å². The molecule has 0 heterocycles. The van der Waals surface area contributed by atoms with Gasteiger partial charge in [-0.3, -0.25) is 0 Å². The molecule has 2 rings (SSSR count). The maximum absolute atomic E-state index is 11.4. The summed E-state index contributed by atoms with van der Waals surface area (Å²) in [5, 5.41) is 0. The summed E-state index contributed by atoms with van der Waals surface area (Å²) in [6, 6.07) is 18.3. The summed E-state index contributed by atoms with van der Waals surface area (Å²) in [5.41, 5.74) is 3.32. The van der Waals surface area contributed by atoms with E-state index in [2.05, 4.69) is 12.1 Å². The summed E-state index contributed by atoms with van der Waals surface area (Å²) in [6.07, 6.45) is 3.13. The van der Waals surface area contributed by atoms with Crippen LogP contribution >= 0.6 is 0 Å². The molecule has 0 amide bonds. The minimum Gasteiger partial charge on any atom is -0.460 e. The van der Waals surface area contributed by atoms with Crippen LogP contribution < -0.4 is 0 Å². The average Bonchev–Trinajstić information content (AvgIpc) is 2.46. The molecule has 0 unspecified atom stereocenters. The summed E-state index contributed by atoms with van der Waals surface area (Å²) in [7, 11) is 0. The monoisotopic (exact) mass is 266 g/mol. The Labute approximate surface area is 119 Å². The molecule has 0 aromatic heterocycles. The predicted molar refractivity (Wildman–Crippen MR) is 82.1 cm³/mol. The fraction of sp³-hybridized carbons (Fsp3) is 0.167. The van der Waals surface area contributed by atoms with Gasteiger partial charge in [-0.05, 0) is 36.6 Å². The van der Waals surface area contributed by atoms with Crippen molar-refractivity contribution in [1.82, 2.24) is 0 Å². The molecular formula is C18H18O2. The second-order valence-electron chi connectivity index (χ2n) is 4.81. The molecule has 20 heavy (non-hydrogen) atoms. The molecule has 0 atom stereocenters. The molecule has 2 aromatic rings. The van der Waals surface area contributed by atoms with E-state index in [-0.39, 0.29) is 12.1 Å². The van der Waals surface area contributed by atoms with Crippen molar-refractivity contribution < 1.29 is 9.53 Å². The first-order valence-electron chi connectivity index (χ1n) is 6.69. The van der Waals surface area contributed by atoms with E-state index in [4.69, 9.17) is 4.74 Å². The molecule has 0 aliphatic rings. The molecule has 0 saturated heterocycles. The Morgan fingerprint density at radius 3 is 2.15 bits per heavy atom. The van der Waals surface area contributed by atoms with Crippen molar-refractivity contribution in [3.05, 3.63) is 66.2 Å². The summed E-state index contributed by atoms with van der Waals surface area (Å²) >= 11 is 0. The highest BCUT2D eigenvalue weighted by Crippen LogP contribution is 2.19. The van der Waals surface area contributed by atoms with Crippen LogP contribution in [-0.4, -0.2) is 12.1 Å². The third-order valence-corrected chi connectivity index (χ3v) is 2.78. The van der Waals surface area contributed by atoms with Crippen molar-refractivity contribution in [1.29, 1.82) is 0 Å². The third kappa shape index (κ3) is 4.09. The van der Waals surface area contributed by atoms with E-state index < -0.39 is 0 Å².